The Kier molecular flexibility index (Phi) is 3.52. The first-order valence-corrected chi connectivity index (χ1v) is 8.75. The van der Waals surface area contributed by atoms with Gasteiger partial charge in [-0.15, -0.1) is 0 Å². The van der Waals surface area contributed by atoms with E-state index in [0.29, 0.717) is 0 Å². The molecule has 2 atom stereocenters. The fourth-order valence-electron chi connectivity index (χ4n) is 4.38. The number of aryl methyl sites for hydroxylation is 1. The number of likely N-dealkylation sites (N-methyl/N-ethyl adjacent to an activating group) is 1. The van der Waals surface area contributed by atoms with Crippen molar-refractivity contribution in [1.29, 1.82) is 0 Å². The second-order valence-corrected chi connectivity index (χ2v) is 7.23. The lowest BCUT2D eigenvalue weighted by Crippen LogP contribution is -2.26. The molecule has 2 aromatic rings. The second-order valence-electron chi connectivity index (χ2n) is 7.23. The van der Waals surface area contributed by atoms with Gasteiger partial charge in [0.1, 0.15) is 0 Å². The smallest absolute Gasteiger partial charge is 0.0402 e. The molecule has 1 heteroatoms. The SMILES string of the molecule is C/C(=C/c1ccc2c(c1)C1CCCC1N2C)c1ccc(C)cc1. The number of hydrogen-bond donors (Lipinski definition) is 0. The normalized spacial score (nSPS) is 23.1. The molecule has 0 saturated heterocycles. The molecule has 2 aliphatic rings. The van der Waals surface area contributed by atoms with E-state index in [4.69, 9.17) is 0 Å². The van der Waals surface area contributed by atoms with Crippen molar-refractivity contribution < 1.29 is 0 Å². The molecule has 4 rings (SSSR count). The molecule has 1 nitrogen and oxygen atoms in total. The summed E-state index contributed by atoms with van der Waals surface area (Å²) in [6.45, 7) is 4.35. The molecule has 1 fully saturated rings. The molecule has 2 aromatic carbocycles. The molecule has 118 valence electrons. The summed E-state index contributed by atoms with van der Waals surface area (Å²) in [7, 11) is 2.27. The molecule has 1 heterocycles. The number of rotatable bonds is 2. The Morgan fingerprint density at radius 3 is 2.65 bits per heavy atom. The van der Waals surface area contributed by atoms with Crippen molar-refractivity contribution in [1.82, 2.24) is 0 Å². The van der Waals surface area contributed by atoms with E-state index in [1.807, 2.05) is 0 Å². The van der Waals surface area contributed by atoms with Crippen LogP contribution in [0.4, 0.5) is 5.69 Å². The molecule has 23 heavy (non-hydrogen) atoms. The third-order valence-corrected chi connectivity index (χ3v) is 5.70. The number of hydrogen-bond acceptors (Lipinski definition) is 1. The van der Waals surface area contributed by atoms with Crippen LogP contribution in [0, 0.1) is 6.92 Å². The summed E-state index contributed by atoms with van der Waals surface area (Å²) in [5.41, 5.74) is 8.31. The van der Waals surface area contributed by atoms with E-state index >= 15 is 0 Å². The van der Waals surface area contributed by atoms with Gasteiger partial charge in [-0.2, -0.15) is 0 Å². The second kappa shape index (κ2) is 5.56. The van der Waals surface area contributed by atoms with Crippen molar-refractivity contribution in [3.8, 4) is 0 Å². The van der Waals surface area contributed by atoms with Crippen molar-refractivity contribution in [3.05, 3.63) is 64.7 Å². The first kappa shape index (κ1) is 14.6. The van der Waals surface area contributed by atoms with Gasteiger partial charge in [-0.05, 0) is 61.1 Å². The summed E-state index contributed by atoms with van der Waals surface area (Å²) in [4.78, 5) is 2.51. The van der Waals surface area contributed by atoms with Crippen LogP contribution in [0.15, 0.2) is 42.5 Å². The molecule has 2 unspecified atom stereocenters. The maximum absolute atomic E-state index is 2.51. The number of anilines is 1. The van der Waals surface area contributed by atoms with Gasteiger partial charge in [-0.25, -0.2) is 0 Å². The number of benzene rings is 2. The minimum Gasteiger partial charge on any atom is -0.371 e. The van der Waals surface area contributed by atoms with E-state index in [9.17, 15) is 0 Å². The van der Waals surface area contributed by atoms with Gasteiger partial charge in [0, 0.05) is 24.7 Å². The van der Waals surface area contributed by atoms with Crippen LogP contribution in [-0.4, -0.2) is 13.1 Å². The molecular weight excluding hydrogens is 278 g/mol. The summed E-state index contributed by atoms with van der Waals surface area (Å²) < 4.78 is 0. The zero-order valence-corrected chi connectivity index (χ0v) is 14.3. The van der Waals surface area contributed by atoms with Gasteiger partial charge in [0.15, 0.2) is 0 Å². The van der Waals surface area contributed by atoms with Gasteiger partial charge in [0.2, 0.25) is 0 Å². The Balaban J connectivity index is 1.67. The third kappa shape index (κ3) is 2.49. The highest BCUT2D eigenvalue weighted by molar-refractivity contribution is 5.81. The summed E-state index contributed by atoms with van der Waals surface area (Å²) in [5.74, 6) is 0.753. The monoisotopic (exact) mass is 303 g/mol. The van der Waals surface area contributed by atoms with E-state index < -0.39 is 0 Å². The maximum atomic E-state index is 2.51. The molecule has 0 bridgehead atoms. The van der Waals surface area contributed by atoms with E-state index in [1.165, 1.54) is 47.2 Å². The van der Waals surface area contributed by atoms with Crippen molar-refractivity contribution in [2.75, 3.05) is 11.9 Å². The third-order valence-electron chi connectivity index (χ3n) is 5.70. The standard InChI is InChI=1S/C22H25N/c1-15-7-10-18(11-8-15)16(2)13-17-9-12-22-20(14-17)19-5-4-6-21(19)23(22)3/h7-14,19,21H,4-6H2,1-3H3/b16-13-. The van der Waals surface area contributed by atoms with Crippen LogP contribution in [0.3, 0.4) is 0 Å². The fourth-order valence-corrected chi connectivity index (χ4v) is 4.38. The lowest BCUT2D eigenvalue weighted by atomic mass is 9.95. The van der Waals surface area contributed by atoms with Gasteiger partial charge in [0.25, 0.3) is 0 Å². The fraction of sp³-hybridized carbons (Fsp3) is 0.364. The average Bonchev–Trinajstić information content (AvgIpc) is 3.12. The molecule has 1 aliphatic heterocycles. The molecule has 0 radical (unpaired) electrons. The Morgan fingerprint density at radius 2 is 1.87 bits per heavy atom. The van der Waals surface area contributed by atoms with Crippen LogP contribution in [0.2, 0.25) is 0 Å². The quantitative estimate of drug-likeness (QED) is 0.649. The molecule has 0 amide bonds. The molecule has 0 N–H and O–H groups in total. The Hall–Kier alpha value is -2.02. The lowest BCUT2D eigenvalue weighted by Gasteiger charge is -2.21. The van der Waals surface area contributed by atoms with Gasteiger partial charge >= 0.3 is 0 Å². The Labute approximate surface area is 139 Å². The van der Waals surface area contributed by atoms with E-state index in [1.54, 1.807) is 5.56 Å². The first-order chi connectivity index (χ1) is 11.1. The highest BCUT2D eigenvalue weighted by Crippen LogP contribution is 2.48. The van der Waals surface area contributed by atoms with Crippen LogP contribution in [0.25, 0.3) is 11.6 Å². The molecule has 0 aromatic heterocycles. The zero-order valence-electron chi connectivity index (χ0n) is 14.3. The summed E-state index contributed by atoms with van der Waals surface area (Å²) in [5, 5.41) is 0. The van der Waals surface area contributed by atoms with Crippen molar-refractivity contribution >= 4 is 17.3 Å². The Bertz CT molecular complexity index is 754. The Morgan fingerprint density at radius 1 is 1.09 bits per heavy atom. The lowest BCUT2D eigenvalue weighted by molar-refractivity contribution is 0.625. The van der Waals surface area contributed by atoms with Crippen LogP contribution < -0.4 is 4.90 Å². The maximum Gasteiger partial charge on any atom is 0.0402 e. The summed E-state index contributed by atoms with van der Waals surface area (Å²) in [6.07, 6.45) is 6.41. The topological polar surface area (TPSA) is 3.24 Å². The van der Waals surface area contributed by atoms with Crippen molar-refractivity contribution in [2.24, 2.45) is 0 Å². The summed E-state index contributed by atoms with van der Waals surface area (Å²) in [6, 6.07) is 16.6. The number of nitrogens with zero attached hydrogens (tertiary/aromatic N) is 1. The van der Waals surface area contributed by atoms with Gasteiger partial charge in [0.05, 0.1) is 0 Å². The largest absolute Gasteiger partial charge is 0.371 e. The number of fused-ring (bicyclic) bond motifs is 3. The average molecular weight is 303 g/mol. The van der Waals surface area contributed by atoms with Crippen molar-refractivity contribution in [3.63, 3.8) is 0 Å². The van der Waals surface area contributed by atoms with Crippen molar-refractivity contribution in [2.45, 2.75) is 45.1 Å². The number of allylic oxidation sites excluding steroid dienone is 1. The van der Waals surface area contributed by atoms with Crippen LogP contribution in [0.5, 0.6) is 0 Å². The van der Waals surface area contributed by atoms with Crippen LogP contribution in [0.1, 0.15) is 54.4 Å². The highest BCUT2D eigenvalue weighted by Gasteiger charge is 2.39. The van der Waals surface area contributed by atoms with Gasteiger partial charge in [-0.1, -0.05) is 48.4 Å². The minimum atomic E-state index is 0.738. The highest BCUT2D eigenvalue weighted by atomic mass is 15.2. The van der Waals surface area contributed by atoms with E-state index in [-0.39, 0.29) is 0 Å². The van der Waals surface area contributed by atoms with Crippen LogP contribution in [-0.2, 0) is 0 Å². The van der Waals surface area contributed by atoms with Gasteiger partial charge < -0.3 is 4.90 Å². The first-order valence-electron chi connectivity index (χ1n) is 8.75. The van der Waals surface area contributed by atoms with E-state index in [2.05, 4.69) is 74.3 Å². The molecule has 1 aliphatic carbocycles. The van der Waals surface area contributed by atoms with E-state index in [0.717, 1.165) is 12.0 Å². The molecule has 1 saturated carbocycles. The van der Waals surface area contributed by atoms with Crippen LogP contribution >= 0.6 is 0 Å². The predicted octanol–water partition coefficient (Wildman–Crippen LogP) is 5.64. The molecular formula is C22H25N. The molecule has 0 spiro atoms. The minimum absolute atomic E-state index is 0.738. The predicted molar refractivity (Wildman–Crippen MR) is 99.9 cm³/mol. The van der Waals surface area contributed by atoms with Gasteiger partial charge in [-0.3, -0.25) is 0 Å². The summed E-state index contributed by atoms with van der Waals surface area (Å²) >= 11 is 0. The zero-order chi connectivity index (χ0) is 16.0.